The highest BCUT2D eigenvalue weighted by atomic mass is 14.8. The molecule has 0 aromatic heterocycles. The minimum atomic E-state index is 0.927. The molecule has 412 valence electrons. The first kappa shape index (κ1) is 66.0. The van der Waals surface area contributed by atoms with E-state index in [0.717, 1.165) is 66.0 Å². The number of hydrogen-bond acceptors (Lipinski definition) is 2. The predicted molar refractivity (Wildman–Crippen MR) is 330 cm³/mol. The third-order valence-corrected chi connectivity index (χ3v) is 15.3. The molecule has 2 rings (SSSR count). The van der Waals surface area contributed by atoms with E-state index < -0.39 is 0 Å². The quantitative estimate of drug-likeness (QED) is 0.0358. The van der Waals surface area contributed by atoms with Crippen molar-refractivity contribution in [2.45, 2.75) is 342 Å². The fourth-order valence-corrected chi connectivity index (χ4v) is 10.3. The predicted octanol–water partition coefficient (Wildman–Crippen LogP) is 24.4. The lowest BCUT2D eigenvalue weighted by atomic mass is 10.0. The number of benzene rings is 2. The molecule has 2 aromatic rings. The Labute approximate surface area is 456 Å². The SMILES string of the molecule is CCCCCCCCCCCCCCCCCCCCCCCCC#Cc1ccc(N=C(C)C(CCCC)=Nc2ccc(C#CCCCCCCCCCCCCCCCCCCCCCCCC)cc2)cc1. The highest BCUT2D eigenvalue weighted by Crippen LogP contribution is 2.21. The molecule has 2 nitrogen and oxygen atoms in total. The van der Waals surface area contributed by atoms with Gasteiger partial charge in [0, 0.05) is 24.0 Å². The molecule has 0 fully saturated rings. The Morgan fingerprint density at radius 2 is 0.521 bits per heavy atom. The maximum absolute atomic E-state index is 5.08. The second kappa shape index (κ2) is 52.3. The highest BCUT2D eigenvalue weighted by Gasteiger charge is 2.06. The summed E-state index contributed by atoms with van der Waals surface area (Å²) in [4.78, 5) is 10.1. The second-order valence-electron chi connectivity index (χ2n) is 22.4. The molecule has 0 amide bonds. The van der Waals surface area contributed by atoms with Crippen LogP contribution in [0.1, 0.15) is 353 Å². The average molecular weight is 1000 g/mol. The van der Waals surface area contributed by atoms with Crippen LogP contribution in [0.4, 0.5) is 11.4 Å². The van der Waals surface area contributed by atoms with E-state index in [-0.39, 0.29) is 0 Å². The van der Waals surface area contributed by atoms with E-state index in [4.69, 9.17) is 9.98 Å². The Kier molecular flexibility index (Phi) is 47.3. The zero-order chi connectivity index (χ0) is 52.0. The van der Waals surface area contributed by atoms with Crippen molar-refractivity contribution < 1.29 is 0 Å². The van der Waals surface area contributed by atoms with Crippen LogP contribution in [0.2, 0.25) is 0 Å². The van der Waals surface area contributed by atoms with Gasteiger partial charge in [0.15, 0.2) is 0 Å². The first-order chi connectivity index (χ1) is 36.2. The number of hydrogen-bond donors (Lipinski definition) is 0. The monoisotopic (exact) mass is 999 g/mol. The zero-order valence-corrected chi connectivity index (χ0v) is 49.2. The number of nitrogens with zero attached hydrogens (tertiary/aromatic N) is 2. The van der Waals surface area contributed by atoms with E-state index in [1.54, 1.807) is 0 Å². The van der Waals surface area contributed by atoms with Crippen molar-refractivity contribution in [2.75, 3.05) is 0 Å². The Morgan fingerprint density at radius 1 is 0.288 bits per heavy atom. The molecule has 0 atom stereocenters. The summed E-state index contributed by atoms with van der Waals surface area (Å²) in [6.07, 6.45) is 67.8. The van der Waals surface area contributed by atoms with Gasteiger partial charge in [-0.3, -0.25) is 9.98 Å². The molecule has 0 radical (unpaired) electrons. The van der Waals surface area contributed by atoms with Crippen molar-refractivity contribution in [2.24, 2.45) is 9.98 Å². The molecule has 0 saturated carbocycles. The van der Waals surface area contributed by atoms with Gasteiger partial charge >= 0.3 is 0 Å². The Morgan fingerprint density at radius 3 is 0.781 bits per heavy atom. The Balaban J connectivity index is 1.50. The fourth-order valence-electron chi connectivity index (χ4n) is 10.3. The van der Waals surface area contributed by atoms with Gasteiger partial charge in [-0.25, -0.2) is 0 Å². The van der Waals surface area contributed by atoms with Crippen LogP contribution < -0.4 is 0 Å². The molecule has 0 spiro atoms. The summed E-state index contributed by atoms with van der Waals surface area (Å²) in [6.45, 7) is 8.95. The van der Waals surface area contributed by atoms with Gasteiger partial charge in [0.1, 0.15) is 0 Å². The molecule has 73 heavy (non-hydrogen) atoms. The summed E-state index contributed by atoms with van der Waals surface area (Å²) in [5, 5.41) is 0. The van der Waals surface area contributed by atoms with Gasteiger partial charge in [-0.2, -0.15) is 0 Å². The largest absolute Gasteiger partial charge is 0.252 e. The van der Waals surface area contributed by atoms with Crippen LogP contribution in [0.3, 0.4) is 0 Å². The molecule has 0 aliphatic rings. The van der Waals surface area contributed by atoms with Gasteiger partial charge in [-0.05, 0) is 81.1 Å². The van der Waals surface area contributed by atoms with Gasteiger partial charge in [-0.1, -0.05) is 321 Å². The minimum Gasteiger partial charge on any atom is -0.252 e. The molecule has 0 aliphatic carbocycles. The van der Waals surface area contributed by atoms with Crippen molar-refractivity contribution in [1.29, 1.82) is 0 Å². The average Bonchev–Trinajstić information content (AvgIpc) is 3.40. The summed E-state index contributed by atoms with van der Waals surface area (Å²) in [5.41, 5.74) is 6.14. The normalized spacial score (nSPS) is 11.7. The maximum Gasteiger partial charge on any atom is 0.0634 e. The molecule has 2 heteroatoms. The van der Waals surface area contributed by atoms with E-state index in [1.165, 1.54) is 283 Å². The molecule has 0 unspecified atom stereocenters. The smallest absolute Gasteiger partial charge is 0.0634 e. The van der Waals surface area contributed by atoms with Crippen LogP contribution >= 0.6 is 0 Å². The molecule has 2 aromatic carbocycles. The number of rotatable bonds is 50. The van der Waals surface area contributed by atoms with Crippen LogP contribution in [-0.2, 0) is 0 Å². The van der Waals surface area contributed by atoms with Gasteiger partial charge in [0.05, 0.1) is 22.8 Å². The summed E-state index contributed by atoms with van der Waals surface area (Å²) >= 11 is 0. The van der Waals surface area contributed by atoms with Crippen molar-refractivity contribution in [3.05, 3.63) is 59.7 Å². The lowest BCUT2D eigenvalue weighted by Crippen LogP contribution is -2.10. The Hall–Kier alpha value is -3.10. The van der Waals surface area contributed by atoms with Crippen molar-refractivity contribution in [3.63, 3.8) is 0 Å². The fraction of sp³-hybridized carbons (Fsp3) is 0.746. The zero-order valence-electron chi connectivity index (χ0n) is 49.2. The van der Waals surface area contributed by atoms with Crippen molar-refractivity contribution >= 4 is 22.8 Å². The minimum absolute atomic E-state index is 0.927. The molecule has 0 aliphatic heterocycles. The molecule has 0 saturated heterocycles. The topological polar surface area (TPSA) is 24.7 Å². The lowest BCUT2D eigenvalue weighted by molar-refractivity contribution is 0.519. The van der Waals surface area contributed by atoms with Crippen LogP contribution in [0.15, 0.2) is 58.5 Å². The molecule has 0 N–H and O–H groups in total. The van der Waals surface area contributed by atoms with E-state index in [0.29, 0.717) is 0 Å². The van der Waals surface area contributed by atoms with Crippen molar-refractivity contribution in [1.82, 2.24) is 0 Å². The van der Waals surface area contributed by atoms with E-state index in [9.17, 15) is 0 Å². The van der Waals surface area contributed by atoms with Crippen LogP contribution in [0.25, 0.3) is 0 Å². The van der Waals surface area contributed by atoms with Gasteiger partial charge in [0.25, 0.3) is 0 Å². The molecular formula is C71H118N2. The molecule has 0 bridgehead atoms. The lowest BCUT2D eigenvalue weighted by Gasteiger charge is -2.07. The van der Waals surface area contributed by atoms with Gasteiger partial charge in [0.2, 0.25) is 0 Å². The Bertz CT molecular complexity index is 1670. The standard InChI is InChI=1S/C71H118N2/c1-5-8-11-13-15-17-19-21-23-25-27-29-31-33-35-37-39-41-43-45-47-49-51-53-55-67-58-62-69(63-59-67)72-66(4)71(57-10-7-3)73-70-64-60-68(61-65-70)56-54-52-50-48-46-44-42-40-38-36-34-32-30-28-26-24-22-20-18-16-14-12-9-6-2/h58-65H,5-52,57H2,1-4H3. The van der Waals surface area contributed by atoms with E-state index in [2.05, 4.69) is 99.9 Å². The number of unbranched alkanes of at least 4 members (excludes halogenated alkanes) is 45. The second-order valence-corrected chi connectivity index (χ2v) is 22.4. The maximum atomic E-state index is 5.08. The first-order valence-corrected chi connectivity index (χ1v) is 32.5. The van der Waals surface area contributed by atoms with Gasteiger partial charge < -0.3 is 0 Å². The molecular weight excluding hydrogens is 881 g/mol. The summed E-state index contributed by atoms with van der Waals surface area (Å²) in [7, 11) is 0. The third kappa shape index (κ3) is 42.8. The summed E-state index contributed by atoms with van der Waals surface area (Å²) < 4.78 is 0. The van der Waals surface area contributed by atoms with Crippen LogP contribution in [0.5, 0.6) is 0 Å². The third-order valence-electron chi connectivity index (χ3n) is 15.3. The summed E-state index contributed by atoms with van der Waals surface area (Å²) in [6, 6.07) is 16.9. The number of aliphatic imine (C=N–C) groups is 2. The van der Waals surface area contributed by atoms with E-state index in [1.807, 2.05) is 0 Å². The van der Waals surface area contributed by atoms with Crippen LogP contribution in [-0.4, -0.2) is 11.4 Å². The highest BCUT2D eigenvalue weighted by molar-refractivity contribution is 6.42. The first-order valence-electron chi connectivity index (χ1n) is 32.5. The van der Waals surface area contributed by atoms with Gasteiger partial charge in [-0.15, -0.1) is 0 Å². The summed E-state index contributed by atoms with van der Waals surface area (Å²) in [5.74, 6) is 13.6. The molecule has 0 heterocycles. The van der Waals surface area contributed by atoms with Crippen LogP contribution in [0, 0.1) is 23.7 Å². The van der Waals surface area contributed by atoms with E-state index >= 15 is 0 Å². The van der Waals surface area contributed by atoms with Crippen molar-refractivity contribution in [3.8, 4) is 23.7 Å².